The van der Waals surface area contributed by atoms with E-state index in [9.17, 15) is 4.79 Å². The Morgan fingerprint density at radius 2 is 1.94 bits per heavy atom. The number of nitrogens with one attached hydrogen (secondary N) is 2. The first-order valence-corrected chi connectivity index (χ1v) is 11.5. The summed E-state index contributed by atoms with van der Waals surface area (Å²) < 4.78 is 0. The second kappa shape index (κ2) is 10.2. The van der Waals surface area contributed by atoms with Crippen LogP contribution in [0.2, 0.25) is 0 Å². The Bertz CT molecular complexity index is 854. The maximum atomic E-state index is 12.6. The summed E-state index contributed by atoms with van der Waals surface area (Å²) in [7, 11) is 2.08. The van der Waals surface area contributed by atoms with Gasteiger partial charge in [0.15, 0.2) is 0 Å². The smallest absolute Gasteiger partial charge is 0.274 e. The molecule has 4 rings (SSSR count). The fourth-order valence-corrected chi connectivity index (χ4v) is 4.88. The van der Waals surface area contributed by atoms with E-state index in [1.807, 2.05) is 12.1 Å². The number of hydrogen-bond donors (Lipinski definition) is 2. The van der Waals surface area contributed by atoms with Crippen LogP contribution in [-0.2, 0) is 0 Å². The summed E-state index contributed by atoms with van der Waals surface area (Å²) in [5, 5.41) is 6.37. The summed E-state index contributed by atoms with van der Waals surface area (Å²) in [6, 6.07) is 10.6. The molecular formula is C24H34N6O. The Kier molecular flexibility index (Phi) is 7.14. The molecule has 0 aromatic carbocycles. The van der Waals surface area contributed by atoms with Crippen molar-refractivity contribution in [1.82, 2.24) is 20.2 Å². The van der Waals surface area contributed by atoms with E-state index in [2.05, 4.69) is 44.4 Å². The molecule has 2 aliphatic heterocycles. The van der Waals surface area contributed by atoms with E-state index in [0.29, 0.717) is 23.7 Å². The molecule has 31 heavy (non-hydrogen) atoms. The molecule has 2 fully saturated rings. The topological polar surface area (TPSA) is 73.4 Å². The number of aromatic nitrogens is 2. The molecule has 0 spiro atoms. The van der Waals surface area contributed by atoms with Gasteiger partial charge in [-0.3, -0.25) is 14.7 Å². The zero-order valence-corrected chi connectivity index (χ0v) is 18.6. The second-order valence-electron chi connectivity index (χ2n) is 8.92. The maximum Gasteiger partial charge on any atom is 0.274 e. The van der Waals surface area contributed by atoms with Gasteiger partial charge in [0.2, 0.25) is 0 Å². The predicted molar refractivity (Wildman–Crippen MR) is 124 cm³/mol. The number of hydrogen-bond acceptors (Lipinski definition) is 6. The second-order valence-corrected chi connectivity index (χ2v) is 8.92. The lowest BCUT2D eigenvalue weighted by Gasteiger charge is -2.45. The van der Waals surface area contributed by atoms with Crippen molar-refractivity contribution in [3.63, 3.8) is 0 Å². The van der Waals surface area contributed by atoms with Gasteiger partial charge in [-0.2, -0.15) is 0 Å². The lowest BCUT2D eigenvalue weighted by molar-refractivity contribution is 0.0584. The van der Waals surface area contributed by atoms with Gasteiger partial charge in [0.25, 0.3) is 5.91 Å². The molecule has 4 heterocycles. The van der Waals surface area contributed by atoms with E-state index >= 15 is 0 Å². The number of rotatable bonds is 6. The quantitative estimate of drug-likeness (QED) is 0.746. The monoisotopic (exact) mass is 422 g/mol. The number of nitrogens with zero attached hydrogens (tertiary/aromatic N) is 4. The molecule has 7 nitrogen and oxygen atoms in total. The van der Waals surface area contributed by atoms with Gasteiger partial charge in [-0.15, -0.1) is 0 Å². The Morgan fingerprint density at radius 3 is 2.71 bits per heavy atom. The third-order valence-corrected chi connectivity index (χ3v) is 6.63. The highest BCUT2D eigenvalue weighted by Gasteiger charge is 2.31. The van der Waals surface area contributed by atoms with E-state index in [4.69, 9.17) is 0 Å². The lowest BCUT2D eigenvalue weighted by Crippen LogP contribution is -2.52. The maximum absolute atomic E-state index is 12.6. The average molecular weight is 423 g/mol. The summed E-state index contributed by atoms with van der Waals surface area (Å²) in [6.45, 7) is 6.76. The van der Waals surface area contributed by atoms with Crippen LogP contribution in [0, 0.1) is 5.92 Å². The minimum atomic E-state index is -0.204. The zero-order chi connectivity index (χ0) is 21.6. The number of carbonyl (C=O) groups excluding carboxylic acids is 1. The Morgan fingerprint density at radius 1 is 1.16 bits per heavy atom. The fraction of sp³-hybridized carbons (Fsp3) is 0.542. The Balaban J connectivity index is 1.37. The number of carbonyl (C=O) groups is 1. The molecule has 2 aromatic rings. The summed E-state index contributed by atoms with van der Waals surface area (Å²) in [5.41, 5.74) is 1.14. The first kappa shape index (κ1) is 21.7. The average Bonchev–Trinajstić information content (AvgIpc) is 2.81. The summed E-state index contributed by atoms with van der Waals surface area (Å²) in [6.07, 6.45) is 8.32. The van der Waals surface area contributed by atoms with E-state index in [-0.39, 0.29) is 5.91 Å². The molecule has 166 valence electrons. The number of pyridine rings is 2. The first-order valence-electron chi connectivity index (χ1n) is 11.5. The van der Waals surface area contributed by atoms with Gasteiger partial charge in [-0.05, 0) is 75.9 Å². The third-order valence-electron chi connectivity index (χ3n) is 6.63. The SMILES string of the molecule is CC1CCC(CN(C)c2cccc(C(=O)Nc3ccncc3)n2)CN1C1CCNCC1. The highest BCUT2D eigenvalue weighted by molar-refractivity contribution is 6.03. The molecular weight excluding hydrogens is 388 g/mol. The number of anilines is 2. The Hall–Kier alpha value is -2.51. The minimum Gasteiger partial charge on any atom is -0.359 e. The van der Waals surface area contributed by atoms with Crippen LogP contribution in [0.4, 0.5) is 11.5 Å². The molecule has 2 unspecified atom stereocenters. The van der Waals surface area contributed by atoms with Gasteiger partial charge in [0.05, 0.1) is 0 Å². The van der Waals surface area contributed by atoms with E-state index in [1.54, 1.807) is 30.6 Å². The van der Waals surface area contributed by atoms with Crippen molar-refractivity contribution in [2.24, 2.45) is 5.92 Å². The van der Waals surface area contributed by atoms with Crippen LogP contribution in [0.1, 0.15) is 43.1 Å². The molecule has 0 aliphatic carbocycles. The Labute approximate surface area is 185 Å². The van der Waals surface area contributed by atoms with Crippen LogP contribution in [0.5, 0.6) is 0 Å². The number of amides is 1. The molecule has 0 radical (unpaired) electrons. The third kappa shape index (κ3) is 5.60. The minimum absolute atomic E-state index is 0.204. The molecule has 1 amide bonds. The normalized spacial score (nSPS) is 22.8. The van der Waals surface area contributed by atoms with Crippen molar-refractivity contribution >= 4 is 17.4 Å². The highest BCUT2D eigenvalue weighted by atomic mass is 16.1. The van der Waals surface area contributed by atoms with Crippen LogP contribution in [0.3, 0.4) is 0 Å². The zero-order valence-electron chi connectivity index (χ0n) is 18.6. The molecule has 2 saturated heterocycles. The first-order chi connectivity index (χ1) is 15.1. The largest absolute Gasteiger partial charge is 0.359 e. The van der Waals surface area contributed by atoms with Crippen molar-refractivity contribution < 1.29 is 4.79 Å². The van der Waals surface area contributed by atoms with Gasteiger partial charge in [-0.25, -0.2) is 4.98 Å². The fourth-order valence-electron chi connectivity index (χ4n) is 4.88. The van der Waals surface area contributed by atoms with Crippen molar-refractivity contribution in [3.05, 3.63) is 48.4 Å². The van der Waals surface area contributed by atoms with Gasteiger partial charge in [0.1, 0.15) is 11.5 Å². The summed E-state index contributed by atoms with van der Waals surface area (Å²) in [4.78, 5) is 26.2. The molecule has 2 atom stereocenters. The van der Waals surface area contributed by atoms with Gasteiger partial charge < -0.3 is 15.5 Å². The predicted octanol–water partition coefficient (Wildman–Crippen LogP) is 3.02. The van der Waals surface area contributed by atoms with E-state index in [1.165, 1.54) is 25.7 Å². The van der Waals surface area contributed by atoms with Crippen LogP contribution in [0.25, 0.3) is 0 Å². The van der Waals surface area contributed by atoms with Crippen LogP contribution in [0.15, 0.2) is 42.7 Å². The molecule has 2 N–H and O–H groups in total. The van der Waals surface area contributed by atoms with Gasteiger partial charge >= 0.3 is 0 Å². The molecule has 0 bridgehead atoms. The molecule has 7 heteroatoms. The van der Waals surface area contributed by atoms with Crippen LogP contribution >= 0.6 is 0 Å². The van der Waals surface area contributed by atoms with Crippen molar-refractivity contribution in [3.8, 4) is 0 Å². The molecule has 0 saturated carbocycles. The lowest BCUT2D eigenvalue weighted by atomic mass is 9.89. The highest BCUT2D eigenvalue weighted by Crippen LogP contribution is 2.28. The van der Waals surface area contributed by atoms with Gasteiger partial charge in [-0.1, -0.05) is 6.07 Å². The number of piperidine rings is 2. The van der Waals surface area contributed by atoms with Crippen molar-refractivity contribution in [2.45, 2.75) is 44.7 Å². The summed E-state index contributed by atoms with van der Waals surface area (Å²) >= 11 is 0. The van der Waals surface area contributed by atoms with Crippen LogP contribution in [-0.4, -0.2) is 66.1 Å². The van der Waals surface area contributed by atoms with E-state index < -0.39 is 0 Å². The standard InChI is InChI=1S/C24H34N6O/c1-18-6-7-19(17-30(18)21-10-14-26-15-11-21)16-29(2)23-5-3-4-22(28-23)24(31)27-20-8-12-25-13-9-20/h3-5,8-9,12-13,18-19,21,26H,6-7,10-11,14-17H2,1-2H3,(H,25,27,31). The summed E-state index contributed by atoms with van der Waals surface area (Å²) in [5.74, 6) is 1.26. The molecule has 2 aromatic heterocycles. The molecule has 2 aliphatic rings. The van der Waals surface area contributed by atoms with Crippen molar-refractivity contribution in [2.75, 3.05) is 43.4 Å². The van der Waals surface area contributed by atoms with Crippen LogP contribution < -0.4 is 15.5 Å². The number of likely N-dealkylation sites (tertiary alicyclic amines) is 1. The van der Waals surface area contributed by atoms with Crippen molar-refractivity contribution in [1.29, 1.82) is 0 Å². The van der Waals surface area contributed by atoms with Gasteiger partial charge in [0, 0.05) is 50.3 Å². The van der Waals surface area contributed by atoms with E-state index in [0.717, 1.165) is 37.7 Å².